The van der Waals surface area contributed by atoms with Crippen LogP contribution in [0.5, 0.6) is 5.75 Å². The summed E-state index contributed by atoms with van der Waals surface area (Å²) in [7, 11) is -3.43. The first-order valence-electron chi connectivity index (χ1n) is 6.40. The van der Waals surface area contributed by atoms with Gasteiger partial charge >= 0.3 is 0 Å². The average molecular weight is 314 g/mol. The van der Waals surface area contributed by atoms with Gasteiger partial charge in [-0.2, -0.15) is 0 Å². The van der Waals surface area contributed by atoms with E-state index in [0.717, 1.165) is 6.26 Å². The van der Waals surface area contributed by atoms with Crippen LogP contribution in [0.3, 0.4) is 0 Å². The molecule has 0 heterocycles. The third kappa shape index (κ3) is 3.74. The van der Waals surface area contributed by atoms with Crippen molar-refractivity contribution in [2.75, 3.05) is 11.6 Å². The Labute approximate surface area is 125 Å². The second-order valence-corrected chi connectivity index (χ2v) is 8.27. The molecule has 0 spiro atoms. The number of phenols is 1. The van der Waals surface area contributed by atoms with Crippen LogP contribution in [0.25, 0.3) is 0 Å². The van der Waals surface area contributed by atoms with Crippen LogP contribution >= 0.6 is 0 Å². The van der Waals surface area contributed by atoms with E-state index in [1.165, 1.54) is 18.2 Å². The molecule has 1 rings (SSSR count). The Morgan fingerprint density at radius 2 is 1.76 bits per heavy atom. The van der Waals surface area contributed by atoms with Gasteiger partial charge in [-0.3, -0.25) is 4.79 Å². The van der Waals surface area contributed by atoms with Crippen molar-refractivity contribution in [3.05, 3.63) is 18.2 Å². The van der Waals surface area contributed by atoms with Crippen LogP contribution in [0.15, 0.2) is 23.1 Å². The summed E-state index contributed by atoms with van der Waals surface area (Å²) in [6.45, 7) is 6.80. The SMILES string of the molecule is CC(C)(N)C(C)(C)C(=O)Nc1cc(S(C)(=O)=O)ccc1O. The molecule has 0 aliphatic carbocycles. The van der Waals surface area contributed by atoms with E-state index >= 15 is 0 Å². The Morgan fingerprint density at radius 1 is 1.24 bits per heavy atom. The quantitative estimate of drug-likeness (QED) is 0.730. The third-order valence-electron chi connectivity index (χ3n) is 3.82. The van der Waals surface area contributed by atoms with Crippen molar-refractivity contribution in [2.45, 2.75) is 38.1 Å². The zero-order chi connectivity index (χ0) is 16.6. The van der Waals surface area contributed by atoms with Crippen molar-refractivity contribution < 1.29 is 18.3 Å². The minimum atomic E-state index is -3.43. The van der Waals surface area contributed by atoms with Gasteiger partial charge < -0.3 is 16.2 Å². The smallest absolute Gasteiger partial charge is 0.231 e. The molecule has 0 saturated heterocycles. The zero-order valence-corrected chi connectivity index (χ0v) is 13.7. The summed E-state index contributed by atoms with van der Waals surface area (Å²) in [5.41, 5.74) is 4.32. The van der Waals surface area contributed by atoms with E-state index in [9.17, 15) is 18.3 Å². The van der Waals surface area contributed by atoms with Crippen LogP contribution in [0.1, 0.15) is 27.7 Å². The van der Waals surface area contributed by atoms with Gasteiger partial charge in [-0.25, -0.2) is 8.42 Å². The molecule has 0 fully saturated rings. The summed E-state index contributed by atoms with van der Waals surface area (Å²) in [6.07, 6.45) is 1.05. The highest BCUT2D eigenvalue weighted by atomic mass is 32.2. The fraction of sp³-hybridized carbons (Fsp3) is 0.500. The molecule has 0 bridgehead atoms. The van der Waals surface area contributed by atoms with E-state index < -0.39 is 26.7 Å². The minimum Gasteiger partial charge on any atom is -0.506 e. The first-order valence-corrected chi connectivity index (χ1v) is 8.29. The van der Waals surface area contributed by atoms with E-state index in [0.29, 0.717) is 0 Å². The molecule has 0 atom stereocenters. The number of nitrogens with one attached hydrogen (secondary N) is 1. The summed E-state index contributed by atoms with van der Waals surface area (Å²) in [4.78, 5) is 12.4. The Kier molecular flexibility index (Phi) is 4.41. The van der Waals surface area contributed by atoms with E-state index in [1.807, 2.05) is 0 Å². The molecule has 0 aliphatic rings. The van der Waals surface area contributed by atoms with Gasteiger partial charge in [-0.15, -0.1) is 0 Å². The summed E-state index contributed by atoms with van der Waals surface area (Å²) in [5, 5.41) is 12.3. The number of anilines is 1. The maximum absolute atomic E-state index is 12.3. The molecule has 4 N–H and O–H groups in total. The molecule has 21 heavy (non-hydrogen) atoms. The Balaban J connectivity index is 3.18. The second-order valence-electron chi connectivity index (χ2n) is 6.25. The molecule has 6 nitrogen and oxygen atoms in total. The fourth-order valence-corrected chi connectivity index (χ4v) is 2.06. The van der Waals surface area contributed by atoms with Crippen molar-refractivity contribution in [2.24, 2.45) is 11.1 Å². The molecule has 0 radical (unpaired) electrons. The fourth-order valence-electron chi connectivity index (χ4n) is 1.42. The Morgan fingerprint density at radius 3 is 2.19 bits per heavy atom. The van der Waals surface area contributed by atoms with Gasteiger partial charge in [-0.05, 0) is 45.9 Å². The third-order valence-corrected chi connectivity index (χ3v) is 4.93. The van der Waals surface area contributed by atoms with Crippen LogP contribution in [0.4, 0.5) is 5.69 Å². The molecular formula is C14H22N2O4S. The van der Waals surface area contributed by atoms with E-state index in [4.69, 9.17) is 5.73 Å². The zero-order valence-electron chi connectivity index (χ0n) is 12.9. The average Bonchev–Trinajstić information content (AvgIpc) is 2.28. The molecule has 0 saturated carbocycles. The number of hydrogen-bond acceptors (Lipinski definition) is 5. The van der Waals surface area contributed by atoms with Crippen molar-refractivity contribution >= 4 is 21.4 Å². The first kappa shape index (κ1) is 17.5. The van der Waals surface area contributed by atoms with Gasteiger partial charge in [0.15, 0.2) is 9.84 Å². The van der Waals surface area contributed by atoms with Crippen LogP contribution in [-0.4, -0.2) is 31.2 Å². The summed E-state index contributed by atoms with van der Waals surface area (Å²) < 4.78 is 23.0. The molecule has 118 valence electrons. The number of carbonyl (C=O) groups excluding carboxylic acids is 1. The molecule has 0 aliphatic heterocycles. The van der Waals surface area contributed by atoms with E-state index in [1.54, 1.807) is 27.7 Å². The lowest BCUT2D eigenvalue weighted by molar-refractivity contribution is -0.126. The van der Waals surface area contributed by atoms with Gasteiger partial charge in [0.25, 0.3) is 0 Å². The lowest BCUT2D eigenvalue weighted by Gasteiger charge is -2.36. The number of carbonyl (C=O) groups is 1. The molecular weight excluding hydrogens is 292 g/mol. The van der Waals surface area contributed by atoms with Gasteiger partial charge in [0.2, 0.25) is 5.91 Å². The number of aromatic hydroxyl groups is 1. The van der Waals surface area contributed by atoms with Crippen molar-refractivity contribution in [1.82, 2.24) is 0 Å². The molecule has 0 unspecified atom stereocenters. The molecule has 0 aromatic heterocycles. The van der Waals surface area contributed by atoms with E-state index in [-0.39, 0.29) is 16.3 Å². The molecule has 1 aromatic carbocycles. The second kappa shape index (κ2) is 5.31. The first-order chi connectivity index (χ1) is 9.26. The van der Waals surface area contributed by atoms with Crippen LogP contribution in [-0.2, 0) is 14.6 Å². The van der Waals surface area contributed by atoms with Crippen LogP contribution in [0, 0.1) is 5.41 Å². The monoisotopic (exact) mass is 314 g/mol. The molecule has 1 amide bonds. The molecule has 1 aromatic rings. The largest absolute Gasteiger partial charge is 0.506 e. The van der Waals surface area contributed by atoms with Crippen LogP contribution in [0.2, 0.25) is 0 Å². The normalized spacial score (nSPS) is 13.0. The standard InChI is InChI=1S/C14H22N2O4S/c1-13(2,14(3,4)15)12(18)16-10-8-9(21(5,19)20)6-7-11(10)17/h6-8,17H,15H2,1-5H3,(H,16,18). The number of rotatable bonds is 4. The minimum absolute atomic E-state index is 0.0143. The predicted octanol–water partition coefficient (Wildman–Crippen LogP) is 1.50. The van der Waals surface area contributed by atoms with Crippen molar-refractivity contribution in [3.63, 3.8) is 0 Å². The summed E-state index contributed by atoms with van der Waals surface area (Å²) >= 11 is 0. The number of hydrogen-bond donors (Lipinski definition) is 3. The summed E-state index contributed by atoms with van der Waals surface area (Å²) in [6, 6.07) is 3.73. The number of benzene rings is 1. The molecule has 7 heteroatoms. The number of phenolic OH excluding ortho intramolecular Hbond substituents is 1. The maximum atomic E-state index is 12.3. The van der Waals surface area contributed by atoms with Gasteiger partial charge in [-0.1, -0.05) is 0 Å². The highest BCUT2D eigenvalue weighted by Crippen LogP contribution is 2.32. The Hall–Kier alpha value is -1.60. The Bertz CT molecular complexity index is 658. The van der Waals surface area contributed by atoms with Gasteiger partial charge in [0.05, 0.1) is 16.0 Å². The topological polar surface area (TPSA) is 109 Å². The highest BCUT2D eigenvalue weighted by Gasteiger charge is 2.40. The lowest BCUT2D eigenvalue weighted by atomic mass is 9.74. The number of amides is 1. The maximum Gasteiger partial charge on any atom is 0.231 e. The lowest BCUT2D eigenvalue weighted by Crippen LogP contribution is -2.53. The van der Waals surface area contributed by atoms with E-state index in [2.05, 4.69) is 5.32 Å². The number of nitrogens with two attached hydrogens (primary N) is 1. The van der Waals surface area contributed by atoms with Gasteiger partial charge in [0, 0.05) is 11.8 Å². The van der Waals surface area contributed by atoms with Gasteiger partial charge in [0.1, 0.15) is 5.75 Å². The number of sulfone groups is 1. The highest BCUT2D eigenvalue weighted by molar-refractivity contribution is 7.90. The van der Waals surface area contributed by atoms with Crippen LogP contribution < -0.4 is 11.1 Å². The van der Waals surface area contributed by atoms with Crippen molar-refractivity contribution in [3.8, 4) is 5.75 Å². The predicted molar refractivity (Wildman–Crippen MR) is 81.9 cm³/mol. The summed E-state index contributed by atoms with van der Waals surface area (Å²) in [5.74, 6) is -0.614. The van der Waals surface area contributed by atoms with Crippen molar-refractivity contribution in [1.29, 1.82) is 0 Å².